The number of amides is 1. The first kappa shape index (κ1) is 18.9. The van der Waals surface area contributed by atoms with Crippen LogP contribution in [0.15, 0.2) is 36.7 Å². The molecule has 0 atom stereocenters. The Morgan fingerprint density at radius 3 is 2.41 bits per heavy atom. The zero-order valence-electron chi connectivity index (χ0n) is 17.3. The fourth-order valence-corrected chi connectivity index (χ4v) is 5.15. The predicted octanol–water partition coefficient (Wildman–Crippen LogP) is 3.80. The predicted molar refractivity (Wildman–Crippen MR) is 113 cm³/mol. The van der Waals surface area contributed by atoms with Gasteiger partial charge in [-0.15, -0.1) is 0 Å². The van der Waals surface area contributed by atoms with E-state index in [2.05, 4.69) is 49.8 Å². The standard InChI is InChI=1S/C24H32N4O/c29-23(10-12-26-17-21-6-1-2-7-22(21)18-26)27-13-8-20(9-14-27)24-25-11-15-28(24)16-19-4-3-5-19/h1-2,6-7,11,15,19-20H,3-5,8-10,12-14,16-18H2. The van der Waals surface area contributed by atoms with Crippen LogP contribution in [0.1, 0.15) is 61.4 Å². The molecule has 5 nitrogen and oxygen atoms in total. The minimum absolute atomic E-state index is 0.317. The molecule has 29 heavy (non-hydrogen) atoms. The molecule has 154 valence electrons. The van der Waals surface area contributed by atoms with Gasteiger partial charge < -0.3 is 9.47 Å². The second kappa shape index (κ2) is 8.31. The lowest BCUT2D eigenvalue weighted by Crippen LogP contribution is -2.39. The molecule has 0 spiro atoms. The second-order valence-electron chi connectivity index (χ2n) is 9.12. The molecule has 2 fully saturated rings. The molecule has 1 saturated heterocycles. The lowest BCUT2D eigenvalue weighted by Gasteiger charge is -2.33. The van der Waals surface area contributed by atoms with Crippen LogP contribution in [-0.4, -0.2) is 44.9 Å². The van der Waals surface area contributed by atoms with Crippen molar-refractivity contribution < 1.29 is 4.79 Å². The minimum atomic E-state index is 0.317. The zero-order valence-corrected chi connectivity index (χ0v) is 17.3. The highest BCUT2D eigenvalue weighted by Crippen LogP contribution is 2.32. The monoisotopic (exact) mass is 392 g/mol. The summed E-state index contributed by atoms with van der Waals surface area (Å²) in [6, 6.07) is 8.62. The first-order valence-electron chi connectivity index (χ1n) is 11.3. The fourth-order valence-electron chi connectivity index (χ4n) is 5.15. The summed E-state index contributed by atoms with van der Waals surface area (Å²) in [5, 5.41) is 0. The van der Waals surface area contributed by atoms with E-state index >= 15 is 0 Å². The molecule has 3 aliphatic rings. The summed E-state index contributed by atoms with van der Waals surface area (Å²) in [7, 11) is 0. The molecule has 1 aromatic carbocycles. The van der Waals surface area contributed by atoms with Crippen LogP contribution in [0.4, 0.5) is 0 Å². The lowest BCUT2D eigenvalue weighted by atomic mass is 9.85. The Bertz CT molecular complexity index is 823. The number of hydrogen-bond acceptors (Lipinski definition) is 3. The number of hydrogen-bond donors (Lipinski definition) is 0. The Morgan fingerprint density at radius 2 is 1.76 bits per heavy atom. The number of benzene rings is 1. The van der Waals surface area contributed by atoms with Crippen molar-refractivity contribution in [2.45, 2.75) is 64.1 Å². The van der Waals surface area contributed by atoms with Gasteiger partial charge in [-0.3, -0.25) is 9.69 Å². The van der Waals surface area contributed by atoms with Crippen molar-refractivity contribution in [2.75, 3.05) is 19.6 Å². The third-order valence-corrected chi connectivity index (χ3v) is 7.19. The van der Waals surface area contributed by atoms with Gasteiger partial charge in [0.05, 0.1) is 0 Å². The maximum absolute atomic E-state index is 12.8. The third-order valence-electron chi connectivity index (χ3n) is 7.19. The van der Waals surface area contributed by atoms with Crippen molar-refractivity contribution in [3.63, 3.8) is 0 Å². The second-order valence-corrected chi connectivity index (χ2v) is 9.12. The molecule has 1 aliphatic carbocycles. The van der Waals surface area contributed by atoms with Crippen LogP contribution < -0.4 is 0 Å². The Labute approximate surface area is 173 Å². The van der Waals surface area contributed by atoms with Gasteiger partial charge in [-0.05, 0) is 42.7 Å². The number of carbonyl (C=O) groups is 1. The molecule has 0 bridgehead atoms. The normalized spacial score (nSPS) is 20.6. The molecule has 0 N–H and O–H groups in total. The van der Waals surface area contributed by atoms with E-state index in [1.54, 1.807) is 0 Å². The average Bonchev–Trinajstić information content (AvgIpc) is 3.35. The van der Waals surface area contributed by atoms with Crippen molar-refractivity contribution in [1.82, 2.24) is 19.4 Å². The number of carbonyl (C=O) groups excluding carboxylic acids is 1. The van der Waals surface area contributed by atoms with Gasteiger partial charge >= 0.3 is 0 Å². The Balaban J connectivity index is 1.09. The smallest absolute Gasteiger partial charge is 0.223 e. The average molecular weight is 393 g/mol. The van der Waals surface area contributed by atoms with Crippen LogP contribution in [0.2, 0.25) is 0 Å². The molecule has 3 heterocycles. The van der Waals surface area contributed by atoms with Gasteiger partial charge in [0.15, 0.2) is 0 Å². The molecular formula is C24H32N4O. The third kappa shape index (κ3) is 4.11. The number of likely N-dealkylation sites (tertiary alicyclic amines) is 1. The van der Waals surface area contributed by atoms with E-state index in [0.717, 1.165) is 58.0 Å². The van der Waals surface area contributed by atoms with Gasteiger partial charge in [-0.1, -0.05) is 30.7 Å². The molecule has 0 radical (unpaired) electrons. The molecule has 5 rings (SSSR count). The lowest BCUT2D eigenvalue weighted by molar-refractivity contribution is -0.132. The highest BCUT2D eigenvalue weighted by atomic mass is 16.2. The zero-order chi connectivity index (χ0) is 19.6. The number of aromatic nitrogens is 2. The number of nitrogens with zero attached hydrogens (tertiary/aromatic N) is 4. The van der Waals surface area contributed by atoms with E-state index in [-0.39, 0.29) is 0 Å². The van der Waals surface area contributed by atoms with Gasteiger partial charge in [-0.25, -0.2) is 4.98 Å². The van der Waals surface area contributed by atoms with Crippen molar-refractivity contribution in [2.24, 2.45) is 5.92 Å². The van der Waals surface area contributed by atoms with Crippen LogP contribution >= 0.6 is 0 Å². The van der Waals surface area contributed by atoms with Gasteiger partial charge in [0, 0.05) is 64.0 Å². The number of imidazole rings is 1. The summed E-state index contributed by atoms with van der Waals surface area (Å²) in [6.45, 7) is 5.70. The quantitative estimate of drug-likeness (QED) is 0.751. The summed E-state index contributed by atoms with van der Waals surface area (Å²) in [4.78, 5) is 21.9. The molecule has 2 aliphatic heterocycles. The topological polar surface area (TPSA) is 41.4 Å². The van der Waals surface area contributed by atoms with Gasteiger partial charge in [0.1, 0.15) is 5.82 Å². The van der Waals surface area contributed by atoms with Crippen LogP contribution in [0.5, 0.6) is 0 Å². The first-order valence-corrected chi connectivity index (χ1v) is 11.3. The summed E-state index contributed by atoms with van der Waals surface area (Å²) in [5.74, 6) is 2.92. The fraction of sp³-hybridized carbons (Fsp3) is 0.583. The Morgan fingerprint density at radius 1 is 1.03 bits per heavy atom. The van der Waals surface area contributed by atoms with Crippen LogP contribution in [-0.2, 0) is 24.4 Å². The molecule has 1 saturated carbocycles. The molecule has 5 heteroatoms. The number of piperidine rings is 1. The molecule has 2 aromatic rings. The van der Waals surface area contributed by atoms with Crippen molar-refractivity contribution >= 4 is 5.91 Å². The summed E-state index contributed by atoms with van der Waals surface area (Å²) in [6.07, 6.45) is 11.0. The Hall–Kier alpha value is -2.14. The van der Waals surface area contributed by atoms with Gasteiger partial charge in [0.2, 0.25) is 5.91 Å². The van der Waals surface area contributed by atoms with Crippen molar-refractivity contribution in [3.05, 3.63) is 53.6 Å². The summed E-state index contributed by atoms with van der Waals surface area (Å²) >= 11 is 0. The van der Waals surface area contributed by atoms with E-state index < -0.39 is 0 Å². The van der Waals surface area contributed by atoms with E-state index in [0.29, 0.717) is 18.2 Å². The van der Waals surface area contributed by atoms with E-state index in [4.69, 9.17) is 0 Å². The first-order chi connectivity index (χ1) is 14.3. The maximum Gasteiger partial charge on any atom is 0.223 e. The minimum Gasteiger partial charge on any atom is -0.343 e. The van der Waals surface area contributed by atoms with Crippen LogP contribution in [0.3, 0.4) is 0 Å². The molecule has 1 amide bonds. The Kier molecular flexibility index (Phi) is 5.40. The number of fused-ring (bicyclic) bond motifs is 1. The van der Waals surface area contributed by atoms with Crippen LogP contribution in [0.25, 0.3) is 0 Å². The highest BCUT2D eigenvalue weighted by molar-refractivity contribution is 5.76. The van der Waals surface area contributed by atoms with E-state index in [1.807, 2.05) is 6.20 Å². The summed E-state index contributed by atoms with van der Waals surface area (Å²) in [5.41, 5.74) is 2.83. The van der Waals surface area contributed by atoms with Gasteiger partial charge in [-0.2, -0.15) is 0 Å². The highest BCUT2D eigenvalue weighted by Gasteiger charge is 2.28. The number of rotatable bonds is 6. The summed E-state index contributed by atoms with van der Waals surface area (Å²) < 4.78 is 2.39. The molecular weight excluding hydrogens is 360 g/mol. The SMILES string of the molecule is O=C(CCN1Cc2ccccc2C1)N1CCC(c2nccn2CC2CCC2)CC1. The molecule has 1 aromatic heterocycles. The van der Waals surface area contributed by atoms with Gasteiger partial charge in [0.25, 0.3) is 0 Å². The van der Waals surface area contributed by atoms with E-state index in [9.17, 15) is 4.79 Å². The maximum atomic E-state index is 12.8. The largest absolute Gasteiger partial charge is 0.343 e. The van der Waals surface area contributed by atoms with Crippen molar-refractivity contribution in [1.29, 1.82) is 0 Å². The van der Waals surface area contributed by atoms with Crippen molar-refractivity contribution in [3.8, 4) is 0 Å². The van der Waals surface area contributed by atoms with Crippen LogP contribution in [0, 0.1) is 5.92 Å². The molecule has 0 unspecified atom stereocenters. The van der Waals surface area contributed by atoms with E-state index in [1.165, 1.54) is 36.2 Å².